The number of halogens is 1. The predicted octanol–water partition coefficient (Wildman–Crippen LogP) is 4.03. The maximum atomic E-state index is 13.3. The quantitative estimate of drug-likeness (QED) is 0.917. The van der Waals surface area contributed by atoms with Crippen molar-refractivity contribution in [2.24, 2.45) is 0 Å². The number of benzene rings is 1. The Morgan fingerprint density at radius 1 is 1.45 bits per heavy atom. The van der Waals surface area contributed by atoms with E-state index in [0.29, 0.717) is 6.04 Å². The SMILES string of the molecule is CCC1CCCCN1C(C)c1nc2ccc(F)cc2[nH]1. The second-order valence-electron chi connectivity index (χ2n) is 5.76. The fraction of sp³-hybridized carbons (Fsp3) is 0.562. The number of piperidine rings is 1. The van der Waals surface area contributed by atoms with E-state index in [9.17, 15) is 4.39 Å². The van der Waals surface area contributed by atoms with Crippen molar-refractivity contribution in [3.05, 3.63) is 29.8 Å². The van der Waals surface area contributed by atoms with Gasteiger partial charge in [0.2, 0.25) is 0 Å². The first kappa shape index (κ1) is 13.6. The molecule has 1 saturated heterocycles. The van der Waals surface area contributed by atoms with Gasteiger partial charge in [0.05, 0.1) is 17.1 Å². The lowest BCUT2D eigenvalue weighted by Crippen LogP contribution is -2.41. The van der Waals surface area contributed by atoms with Crippen LogP contribution in [0.4, 0.5) is 4.39 Å². The van der Waals surface area contributed by atoms with Gasteiger partial charge in [-0.3, -0.25) is 4.90 Å². The molecule has 108 valence electrons. The molecule has 1 aromatic heterocycles. The van der Waals surface area contributed by atoms with Gasteiger partial charge in [0.1, 0.15) is 11.6 Å². The van der Waals surface area contributed by atoms with E-state index < -0.39 is 0 Å². The van der Waals surface area contributed by atoms with E-state index in [1.54, 1.807) is 6.07 Å². The highest BCUT2D eigenvalue weighted by molar-refractivity contribution is 5.75. The van der Waals surface area contributed by atoms with Gasteiger partial charge in [-0.25, -0.2) is 9.37 Å². The van der Waals surface area contributed by atoms with Gasteiger partial charge in [-0.1, -0.05) is 13.3 Å². The largest absolute Gasteiger partial charge is 0.341 e. The highest BCUT2D eigenvalue weighted by Gasteiger charge is 2.27. The molecule has 3 rings (SSSR count). The maximum absolute atomic E-state index is 13.3. The Balaban J connectivity index is 1.89. The molecule has 0 saturated carbocycles. The van der Waals surface area contributed by atoms with Gasteiger partial charge in [0.25, 0.3) is 0 Å². The molecule has 0 amide bonds. The fourth-order valence-corrected chi connectivity index (χ4v) is 3.33. The minimum atomic E-state index is -0.218. The van der Waals surface area contributed by atoms with Crippen LogP contribution in [0, 0.1) is 5.82 Å². The summed E-state index contributed by atoms with van der Waals surface area (Å²) in [5.41, 5.74) is 1.63. The summed E-state index contributed by atoms with van der Waals surface area (Å²) in [6.45, 7) is 5.58. The lowest BCUT2D eigenvalue weighted by atomic mass is 9.98. The molecule has 0 radical (unpaired) electrons. The Bertz CT molecular complexity index is 592. The summed E-state index contributed by atoms with van der Waals surface area (Å²) in [6.07, 6.45) is 5.04. The molecule has 2 aromatic rings. The van der Waals surface area contributed by atoms with Crippen LogP contribution in [0.2, 0.25) is 0 Å². The second-order valence-corrected chi connectivity index (χ2v) is 5.76. The lowest BCUT2D eigenvalue weighted by molar-refractivity contribution is 0.0963. The fourth-order valence-electron chi connectivity index (χ4n) is 3.33. The third kappa shape index (κ3) is 2.44. The Hall–Kier alpha value is -1.42. The highest BCUT2D eigenvalue weighted by Crippen LogP contribution is 2.29. The van der Waals surface area contributed by atoms with E-state index in [-0.39, 0.29) is 11.9 Å². The number of H-pyrrole nitrogens is 1. The number of imidazole rings is 1. The van der Waals surface area contributed by atoms with E-state index in [4.69, 9.17) is 0 Å². The molecule has 1 fully saturated rings. The first-order chi connectivity index (χ1) is 9.69. The minimum Gasteiger partial charge on any atom is -0.341 e. The second kappa shape index (κ2) is 5.52. The number of likely N-dealkylation sites (tertiary alicyclic amines) is 1. The van der Waals surface area contributed by atoms with Crippen molar-refractivity contribution in [3.8, 4) is 0 Å². The average Bonchev–Trinajstić information content (AvgIpc) is 2.89. The molecule has 20 heavy (non-hydrogen) atoms. The first-order valence-electron chi connectivity index (χ1n) is 7.60. The Morgan fingerprint density at radius 2 is 2.30 bits per heavy atom. The number of nitrogens with one attached hydrogen (secondary N) is 1. The van der Waals surface area contributed by atoms with Gasteiger partial charge >= 0.3 is 0 Å². The number of aromatic amines is 1. The standard InChI is InChI=1S/C16H22FN3/c1-3-13-6-4-5-9-20(13)11(2)16-18-14-8-7-12(17)10-15(14)19-16/h7-8,10-11,13H,3-6,9H2,1-2H3,(H,18,19). The lowest BCUT2D eigenvalue weighted by Gasteiger charge is -2.38. The van der Waals surface area contributed by atoms with Gasteiger partial charge in [-0.05, 0) is 50.9 Å². The summed E-state index contributed by atoms with van der Waals surface area (Å²) in [5, 5.41) is 0. The number of aromatic nitrogens is 2. The Kier molecular flexibility index (Phi) is 3.74. The summed E-state index contributed by atoms with van der Waals surface area (Å²) in [5.74, 6) is 0.732. The number of nitrogens with zero attached hydrogens (tertiary/aromatic N) is 2. The average molecular weight is 275 g/mol. The summed E-state index contributed by atoms with van der Waals surface area (Å²) in [7, 11) is 0. The number of hydrogen-bond acceptors (Lipinski definition) is 2. The van der Waals surface area contributed by atoms with Crippen molar-refractivity contribution in [1.82, 2.24) is 14.9 Å². The number of rotatable bonds is 3. The van der Waals surface area contributed by atoms with E-state index in [0.717, 1.165) is 23.4 Å². The number of fused-ring (bicyclic) bond motifs is 1. The molecule has 2 unspecified atom stereocenters. The zero-order valence-electron chi connectivity index (χ0n) is 12.2. The molecule has 1 aliphatic rings. The van der Waals surface area contributed by atoms with E-state index in [1.165, 1.54) is 37.8 Å². The summed E-state index contributed by atoms with van der Waals surface area (Å²) in [4.78, 5) is 10.5. The zero-order valence-corrected chi connectivity index (χ0v) is 12.2. The molecular weight excluding hydrogens is 253 g/mol. The molecule has 0 spiro atoms. The van der Waals surface area contributed by atoms with Crippen molar-refractivity contribution in [1.29, 1.82) is 0 Å². The predicted molar refractivity (Wildman–Crippen MR) is 79.1 cm³/mol. The molecule has 3 nitrogen and oxygen atoms in total. The van der Waals surface area contributed by atoms with E-state index in [2.05, 4.69) is 28.7 Å². The minimum absolute atomic E-state index is 0.218. The van der Waals surface area contributed by atoms with Crippen molar-refractivity contribution >= 4 is 11.0 Å². The molecule has 0 aliphatic carbocycles. The van der Waals surface area contributed by atoms with Crippen LogP contribution in [0.15, 0.2) is 18.2 Å². The van der Waals surface area contributed by atoms with Gasteiger partial charge in [-0.15, -0.1) is 0 Å². The van der Waals surface area contributed by atoms with Crippen LogP contribution in [0.3, 0.4) is 0 Å². The van der Waals surface area contributed by atoms with E-state index >= 15 is 0 Å². The first-order valence-corrected chi connectivity index (χ1v) is 7.60. The smallest absolute Gasteiger partial charge is 0.125 e. The molecule has 0 bridgehead atoms. The highest BCUT2D eigenvalue weighted by atomic mass is 19.1. The van der Waals surface area contributed by atoms with E-state index in [1.807, 2.05) is 0 Å². The van der Waals surface area contributed by atoms with Crippen LogP contribution in [-0.2, 0) is 0 Å². The summed E-state index contributed by atoms with van der Waals surface area (Å²) < 4.78 is 13.3. The summed E-state index contributed by atoms with van der Waals surface area (Å²) >= 11 is 0. The van der Waals surface area contributed by atoms with Crippen molar-refractivity contribution in [2.45, 2.75) is 51.6 Å². The monoisotopic (exact) mass is 275 g/mol. The third-order valence-corrected chi connectivity index (χ3v) is 4.50. The molecule has 1 N–H and O–H groups in total. The van der Waals surface area contributed by atoms with Gasteiger partial charge < -0.3 is 4.98 Å². The van der Waals surface area contributed by atoms with Crippen LogP contribution in [0.5, 0.6) is 0 Å². The Morgan fingerprint density at radius 3 is 3.10 bits per heavy atom. The van der Waals surface area contributed by atoms with Gasteiger partial charge in [-0.2, -0.15) is 0 Å². The summed E-state index contributed by atoms with van der Waals surface area (Å²) in [6, 6.07) is 5.63. The van der Waals surface area contributed by atoms with Crippen LogP contribution < -0.4 is 0 Å². The van der Waals surface area contributed by atoms with Gasteiger partial charge in [0.15, 0.2) is 0 Å². The molecular formula is C16H22FN3. The molecule has 1 aromatic carbocycles. The van der Waals surface area contributed by atoms with Gasteiger partial charge in [0, 0.05) is 6.04 Å². The van der Waals surface area contributed by atoms with Crippen LogP contribution in [0.1, 0.15) is 51.4 Å². The topological polar surface area (TPSA) is 31.9 Å². The normalized spacial score (nSPS) is 22.2. The third-order valence-electron chi connectivity index (χ3n) is 4.50. The van der Waals surface area contributed by atoms with Crippen molar-refractivity contribution in [3.63, 3.8) is 0 Å². The number of hydrogen-bond donors (Lipinski definition) is 1. The van der Waals surface area contributed by atoms with Crippen LogP contribution >= 0.6 is 0 Å². The van der Waals surface area contributed by atoms with Crippen molar-refractivity contribution < 1.29 is 4.39 Å². The Labute approximate surface area is 119 Å². The molecule has 2 heterocycles. The molecule has 4 heteroatoms. The zero-order chi connectivity index (χ0) is 14.1. The van der Waals surface area contributed by atoms with Crippen molar-refractivity contribution in [2.75, 3.05) is 6.54 Å². The van der Waals surface area contributed by atoms with Crippen LogP contribution in [-0.4, -0.2) is 27.5 Å². The maximum Gasteiger partial charge on any atom is 0.125 e. The molecule has 2 atom stereocenters. The van der Waals surface area contributed by atoms with Crippen LogP contribution in [0.25, 0.3) is 11.0 Å². The molecule has 1 aliphatic heterocycles.